The van der Waals surface area contributed by atoms with Gasteiger partial charge >= 0.3 is 0 Å². The lowest BCUT2D eigenvalue weighted by Crippen LogP contribution is -1.91. The van der Waals surface area contributed by atoms with Gasteiger partial charge in [-0.1, -0.05) is 5.16 Å². The molecular weight excluding hydrogens is 284 g/mol. The average Bonchev–Trinajstić information content (AvgIpc) is 2.96. The molecule has 3 rings (SSSR count). The van der Waals surface area contributed by atoms with Gasteiger partial charge in [0.25, 0.3) is 5.89 Å². The molecule has 0 spiro atoms. The molecule has 0 aliphatic rings. The maximum Gasteiger partial charge on any atom is 0.258 e. The van der Waals surface area contributed by atoms with Crippen molar-refractivity contribution in [2.45, 2.75) is 4.90 Å². The minimum absolute atomic E-state index is 0.401. The maximum atomic E-state index is 5.77. The van der Waals surface area contributed by atoms with E-state index in [0.29, 0.717) is 28.7 Å². The zero-order valence-electron chi connectivity index (χ0n) is 11.4. The van der Waals surface area contributed by atoms with E-state index in [1.165, 1.54) is 4.90 Å². The van der Waals surface area contributed by atoms with Gasteiger partial charge in [0.1, 0.15) is 0 Å². The Morgan fingerprint density at radius 3 is 2.24 bits per heavy atom. The highest BCUT2D eigenvalue weighted by Crippen LogP contribution is 2.26. The Balaban J connectivity index is 1.95. The number of benzene rings is 2. The van der Waals surface area contributed by atoms with E-state index in [2.05, 4.69) is 10.1 Å². The van der Waals surface area contributed by atoms with Crippen molar-refractivity contribution in [1.82, 2.24) is 10.1 Å². The number of anilines is 2. The second kappa shape index (κ2) is 5.49. The van der Waals surface area contributed by atoms with Crippen LogP contribution in [0.1, 0.15) is 0 Å². The predicted molar refractivity (Wildman–Crippen MR) is 85.8 cm³/mol. The van der Waals surface area contributed by atoms with E-state index in [1.807, 2.05) is 30.5 Å². The van der Waals surface area contributed by atoms with Crippen LogP contribution in [0.4, 0.5) is 11.4 Å². The highest BCUT2D eigenvalue weighted by Gasteiger charge is 2.11. The van der Waals surface area contributed by atoms with Gasteiger partial charge in [0.2, 0.25) is 5.82 Å². The topological polar surface area (TPSA) is 91.0 Å². The molecule has 0 atom stereocenters. The summed E-state index contributed by atoms with van der Waals surface area (Å²) in [5.74, 6) is 0.941. The van der Waals surface area contributed by atoms with E-state index < -0.39 is 0 Å². The molecule has 3 aromatic rings. The van der Waals surface area contributed by atoms with Crippen LogP contribution in [0, 0.1) is 0 Å². The van der Waals surface area contributed by atoms with Crippen LogP contribution in [0.25, 0.3) is 22.8 Å². The predicted octanol–water partition coefficient (Wildman–Crippen LogP) is 3.29. The molecule has 0 bridgehead atoms. The van der Waals surface area contributed by atoms with Crippen LogP contribution in [-0.4, -0.2) is 16.4 Å². The number of nitrogens with two attached hydrogens (primary N) is 2. The molecular formula is C15H14N4OS. The van der Waals surface area contributed by atoms with E-state index in [9.17, 15) is 0 Å². The van der Waals surface area contributed by atoms with Crippen molar-refractivity contribution in [2.75, 3.05) is 17.7 Å². The van der Waals surface area contributed by atoms with E-state index in [1.54, 1.807) is 30.0 Å². The Kier molecular flexibility index (Phi) is 3.53. The van der Waals surface area contributed by atoms with Crippen molar-refractivity contribution < 1.29 is 4.52 Å². The number of rotatable bonds is 3. The van der Waals surface area contributed by atoms with Crippen LogP contribution >= 0.6 is 11.8 Å². The van der Waals surface area contributed by atoms with Crippen molar-refractivity contribution >= 4 is 23.1 Å². The van der Waals surface area contributed by atoms with Crippen LogP contribution in [0.3, 0.4) is 0 Å². The van der Waals surface area contributed by atoms with Gasteiger partial charge in [0.05, 0.1) is 0 Å². The molecule has 0 saturated carbocycles. The van der Waals surface area contributed by atoms with Gasteiger partial charge in [-0.15, -0.1) is 11.8 Å². The Morgan fingerprint density at radius 1 is 0.952 bits per heavy atom. The first-order valence-electron chi connectivity index (χ1n) is 6.30. The summed E-state index contributed by atoms with van der Waals surface area (Å²) in [5.41, 5.74) is 14.3. The van der Waals surface area contributed by atoms with Crippen molar-refractivity contribution in [2.24, 2.45) is 0 Å². The number of nitrogen functional groups attached to an aromatic ring is 2. The van der Waals surface area contributed by atoms with Gasteiger partial charge in [-0.3, -0.25) is 0 Å². The number of hydrogen-bond donors (Lipinski definition) is 2. The van der Waals surface area contributed by atoms with E-state index in [-0.39, 0.29) is 0 Å². The lowest BCUT2D eigenvalue weighted by Gasteiger charge is -1.99. The zero-order chi connectivity index (χ0) is 14.8. The van der Waals surface area contributed by atoms with E-state index >= 15 is 0 Å². The fourth-order valence-electron chi connectivity index (χ4n) is 2.00. The minimum atomic E-state index is 0.401. The van der Waals surface area contributed by atoms with Crippen LogP contribution in [0.15, 0.2) is 51.9 Å². The smallest absolute Gasteiger partial charge is 0.258 e. The largest absolute Gasteiger partial charge is 0.399 e. The molecule has 0 fully saturated rings. The van der Waals surface area contributed by atoms with Gasteiger partial charge in [0, 0.05) is 27.4 Å². The highest BCUT2D eigenvalue weighted by molar-refractivity contribution is 7.98. The average molecular weight is 298 g/mol. The summed E-state index contributed by atoms with van der Waals surface area (Å²) in [6.07, 6.45) is 2.03. The molecule has 5 nitrogen and oxygen atoms in total. The summed E-state index contributed by atoms with van der Waals surface area (Å²) < 4.78 is 5.29. The first-order valence-corrected chi connectivity index (χ1v) is 7.53. The standard InChI is InChI=1S/C15H14N4OS/c1-21-13-4-2-9(3-5-13)14-18-15(20-19-14)10-6-11(16)8-12(17)7-10/h2-8H,16-17H2,1H3. The monoisotopic (exact) mass is 298 g/mol. The molecule has 106 valence electrons. The first kappa shape index (κ1) is 13.5. The van der Waals surface area contributed by atoms with Crippen molar-refractivity contribution in [3.8, 4) is 22.8 Å². The summed E-state index contributed by atoms with van der Waals surface area (Å²) in [5, 5.41) is 4.00. The third-order valence-electron chi connectivity index (χ3n) is 3.00. The number of hydrogen-bond acceptors (Lipinski definition) is 6. The van der Waals surface area contributed by atoms with Crippen LogP contribution in [0.2, 0.25) is 0 Å². The molecule has 2 aromatic carbocycles. The van der Waals surface area contributed by atoms with Crippen LogP contribution in [-0.2, 0) is 0 Å². The van der Waals surface area contributed by atoms with E-state index in [4.69, 9.17) is 16.0 Å². The molecule has 0 aliphatic heterocycles. The molecule has 1 aromatic heterocycles. The highest BCUT2D eigenvalue weighted by atomic mass is 32.2. The first-order chi connectivity index (χ1) is 10.2. The molecule has 21 heavy (non-hydrogen) atoms. The summed E-state index contributed by atoms with van der Waals surface area (Å²) in [7, 11) is 0. The van der Waals surface area contributed by atoms with Crippen molar-refractivity contribution in [3.05, 3.63) is 42.5 Å². The van der Waals surface area contributed by atoms with Crippen LogP contribution in [0.5, 0.6) is 0 Å². The molecule has 0 aliphatic carbocycles. The molecule has 0 unspecified atom stereocenters. The molecule has 0 radical (unpaired) electrons. The van der Waals surface area contributed by atoms with Crippen LogP contribution < -0.4 is 11.5 Å². The Bertz CT molecular complexity index is 747. The van der Waals surface area contributed by atoms with Gasteiger partial charge in [0.15, 0.2) is 0 Å². The third kappa shape index (κ3) is 2.85. The molecule has 1 heterocycles. The Morgan fingerprint density at radius 2 is 1.62 bits per heavy atom. The zero-order valence-corrected chi connectivity index (χ0v) is 12.2. The van der Waals surface area contributed by atoms with Gasteiger partial charge in [-0.2, -0.15) is 4.98 Å². The molecule has 0 saturated heterocycles. The normalized spacial score (nSPS) is 10.7. The summed E-state index contributed by atoms with van der Waals surface area (Å²) >= 11 is 1.69. The van der Waals surface area contributed by atoms with Gasteiger partial charge < -0.3 is 16.0 Å². The number of nitrogens with zero attached hydrogens (tertiary/aromatic N) is 2. The van der Waals surface area contributed by atoms with Crippen molar-refractivity contribution in [1.29, 1.82) is 0 Å². The maximum absolute atomic E-state index is 5.77. The Hall–Kier alpha value is -2.47. The lowest BCUT2D eigenvalue weighted by atomic mass is 10.1. The summed E-state index contributed by atoms with van der Waals surface area (Å²) in [6, 6.07) is 13.2. The quantitative estimate of drug-likeness (QED) is 0.569. The second-order valence-electron chi connectivity index (χ2n) is 4.54. The second-order valence-corrected chi connectivity index (χ2v) is 5.42. The lowest BCUT2D eigenvalue weighted by molar-refractivity contribution is 0.432. The van der Waals surface area contributed by atoms with Gasteiger partial charge in [-0.25, -0.2) is 0 Å². The minimum Gasteiger partial charge on any atom is -0.399 e. The van der Waals surface area contributed by atoms with Crippen molar-refractivity contribution in [3.63, 3.8) is 0 Å². The number of aromatic nitrogens is 2. The molecule has 6 heteroatoms. The molecule has 4 N–H and O–H groups in total. The van der Waals surface area contributed by atoms with Gasteiger partial charge in [-0.05, 0) is 48.7 Å². The SMILES string of the molecule is CSc1ccc(-c2noc(-c3cc(N)cc(N)c3)n2)cc1. The van der Waals surface area contributed by atoms with E-state index in [0.717, 1.165) is 5.56 Å². The fraction of sp³-hybridized carbons (Fsp3) is 0.0667. The third-order valence-corrected chi connectivity index (χ3v) is 3.74. The molecule has 0 amide bonds. The Labute approximate surface area is 126 Å². The number of thioether (sulfide) groups is 1. The summed E-state index contributed by atoms with van der Waals surface area (Å²) in [6.45, 7) is 0. The summed E-state index contributed by atoms with van der Waals surface area (Å²) in [4.78, 5) is 5.58. The fourth-order valence-corrected chi connectivity index (χ4v) is 2.41.